The second-order valence-corrected chi connectivity index (χ2v) is 5.43. The summed E-state index contributed by atoms with van der Waals surface area (Å²) in [6.45, 7) is 9.09. The molecule has 21 heavy (non-hydrogen) atoms. The zero-order valence-corrected chi connectivity index (χ0v) is 13.4. The lowest BCUT2D eigenvalue weighted by Crippen LogP contribution is -2.09. The molecule has 0 radical (unpaired) electrons. The van der Waals surface area contributed by atoms with Crippen LogP contribution in [-0.2, 0) is 6.42 Å². The number of imidazole rings is 1. The molecule has 0 aliphatic carbocycles. The van der Waals surface area contributed by atoms with Crippen LogP contribution < -0.4 is 10.5 Å². The number of nitrogens with zero attached hydrogens (tertiary/aromatic N) is 2. The molecule has 2 N–H and O–H groups in total. The molecule has 2 rings (SSSR count). The fraction of sp³-hybridized carbons (Fsp3) is 0.471. The van der Waals surface area contributed by atoms with Gasteiger partial charge < -0.3 is 15.0 Å². The molecule has 2 aromatic rings. The number of nitrogen functional groups attached to an aromatic ring is 1. The van der Waals surface area contributed by atoms with E-state index in [4.69, 9.17) is 15.5 Å². The van der Waals surface area contributed by atoms with Crippen LogP contribution in [0, 0.1) is 0 Å². The van der Waals surface area contributed by atoms with E-state index < -0.39 is 0 Å². The normalized spacial score (nSPS) is 11.1. The Morgan fingerprint density at radius 1 is 1.19 bits per heavy atom. The van der Waals surface area contributed by atoms with Gasteiger partial charge >= 0.3 is 0 Å². The predicted molar refractivity (Wildman–Crippen MR) is 87.6 cm³/mol. The molecule has 1 aromatic heterocycles. The first-order valence-electron chi connectivity index (χ1n) is 7.68. The Kier molecular flexibility index (Phi) is 4.89. The number of aromatic nitrogens is 2. The second-order valence-electron chi connectivity index (χ2n) is 5.43. The van der Waals surface area contributed by atoms with Crippen LogP contribution in [0.25, 0.3) is 11.3 Å². The topological polar surface area (TPSA) is 53.1 Å². The molecular formula is C17H25N3O. The molecule has 114 valence electrons. The fourth-order valence-corrected chi connectivity index (χ4v) is 2.56. The minimum Gasteiger partial charge on any atom is -0.494 e. The zero-order valence-electron chi connectivity index (χ0n) is 13.4. The first-order chi connectivity index (χ1) is 10.1. The Morgan fingerprint density at radius 3 is 2.38 bits per heavy atom. The van der Waals surface area contributed by atoms with Crippen molar-refractivity contribution >= 4 is 5.82 Å². The van der Waals surface area contributed by atoms with Crippen LogP contribution in [0.4, 0.5) is 5.82 Å². The second kappa shape index (κ2) is 6.66. The average molecular weight is 287 g/mol. The highest BCUT2D eigenvalue weighted by Crippen LogP contribution is 2.30. The van der Waals surface area contributed by atoms with E-state index >= 15 is 0 Å². The van der Waals surface area contributed by atoms with Gasteiger partial charge in [-0.15, -0.1) is 0 Å². The molecule has 1 heterocycles. The minimum absolute atomic E-state index is 0.315. The van der Waals surface area contributed by atoms with Crippen molar-refractivity contribution in [1.82, 2.24) is 9.55 Å². The van der Waals surface area contributed by atoms with Gasteiger partial charge in [-0.2, -0.15) is 0 Å². The summed E-state index contributed by atoms with van der Waals surface area (Å²) < 4.78 is 7.61. The van der Waals surface area contributed by atoms with Gasteiger partial charge in [0, 0.05) is 18.0 Å². The van der Waals surface area contributed by atoms with Crippen molar-refractivity contribution in [2.45, 2.75) is 46.6 Å². The van der Waals surface area contributed by atoms with Crippen LogP contribution in [0.2, 0.25) is 0 Å². The average Bonchev–Trinajstić information content (AvgIpc) is 2.77. The molecule has 0 saturated heterocycles. The van der Waals surface area contributed by atoms with E-state index in [1.54, 1.807) is 0 Å². The number of aryl methyl sites for hydroxylation is 1. The van der Waals surface area contributed by atoms with Gasteiger partial charge in [0.15, 0.2) is 0 Å². The van der Waals surface area contributed by atoms with Crippen LogP contribution >= 0.6 is 0 Å². The Labute approximate surface area is 127 Å². The van der Waals surface area contributed by atoms with Crippen LogP contribution in [0.15, 0.2) is 24.3 Å². The summed E-state index contributed by atoms with van der Waals surface area (Å²) in [5.74, 6) is 2.68. The third-order valence-corrected chi connectivity index (χ3v) is 3.45. The lowest BCUT2D eigenvalue weighted by molar-refractivity contribution is 0.340. The SMILES string of the molecule is CCCc1nc(-c2ccc(OCC)cc2)c(N)n1C(C)C. The monoisotopic (exact) mass is 287 g/mol. The number of anilines is 1. The smallest absolute Gasteiger partial charge is 0.131 e. The van der Waals surface area contributed by atoms with Gasteiger partial charge in [-0.1, -0.05) is 6.92 Å². The molecular weight excluding hydrogens is 262 g/mol. The Morgan fingerprint density at radius 2 is 1.86 bits per heavy atom. The van der Waals surface area contributed by atoms with E-state index in [1.165, 1.54) is 0 Å². The van der Waals surface area contributed by atoms with E-state index in [0.29, 0.717) is 12.6 Å². The zero-order chi connectivity index (χ0) is 15.4. The van der Waals surface area contributed by atoms with Crippen molar-refractivity contribution in [3.63, 3.8) is 0 Å². The summed E-state index contributed by atoms with van der Waals surface area (Å²) in [5.41, 5.74) is 8.24. The lowest BCUT2D eigenvalue weighted by Gasteiger charge is -2.13. The first-order valence-corrected chi connectivity index (χ1v) is 7.68. The Hall–Kier alpha value is -1.97. The first kappa shape index (κ1) is 15.4. The highest BCUT2D eigenvalue weighted by molar-refractivity contribution is 5.71. The molecule has 0 spiro atoms. The van der Waals surface area contributed by atoms with Gasteiger partial charge in [-0.05, 0) is 51.5 Å². The summed E-state index contributed by atoms with van der Waals surface area (Å²) in [6, 6.07) is 8.28. The van der Waals surface area contributed by atoms with Crippen molar-refractivity contribution in [2.24, 2.45) is 0 Å². The van der Waals surface area contributed by atoms with Crippen LogP contribution in [-0.4, -0.2) is 16.2 Å². The van der Waals surface area contributed by atoms with E-state index in [9.17, 15) is 0 Å². The van der Waals surface area contributed by atoms with Crippen LogP contribution in [0.5, 0.6) is 5.75 Å². The molecule has 4 nitrogen and oxygen atoms in total. The van der Waals surface area contributed by atoms with Crippen molar-refractivity contribution in [1.29, 1.82) is 0 Å². The third-order valence-electron chi connectivity index (χ3n) is 3.45. The molecule has 0 aliphatic heterocycles. The molecule has 4 heteroatoms. The molecule has 0 unspecified atom stereocenters. The van der Waals surface area contributed by atoms with E-state index in [1.807, 2.05) is 31.2 Å². The summed E-state index contributed by atoms with van der Waals surface area (Å²) in [4.78, 5) is 4.76. The van der Waals surface area contributed by atoms with Crippen molar-refractivity contribution in [3.05, 3.63) is 30.1 Å². The molecule has 0 aliphatic rings. The quantitative estimate of drug-likeness (QED) is 0.871. The molecule has 0 saturated carbocycles. The van der Waals surface area contributed by atoms with Crippen molar-refractivity contribution in [3.8, 4) is 17.0 Å². The largest absolute Gasteiger partial charge is 0.494 e. The van der Waals surface area contributed by atoms with Gasteiger partial charge in [-0.3, -0.25) is 0 Å². The van der Waals surface area contributed by atoms with Gasteiger partial charge in [0.1, 0.15) is 23.1 Å². The van der Waals surface area contributed by atoms with Gasteiger partial charge in [-0.25, -0.2) is 4.98 Å². The standard InChI is InChI=1S/C17H25N3O/c1-5-7-15-19-16(17(18)20(15)12(3)4)13-8-10-14(11-9-13)21-6-2/h8-12H,5-7,18H2,1-4H3. The number of ether oxygens (including phenoxy) is 1. The van der Waals surface area contributed by atoms with Gasteiger partial charge in [0.25, 0.3) is 0 Å². The molecule has 0 fully saturated rings. The van der Waals surface area contributed by atoms with Crippen molar-refractivity contribution < 1.29 is 4.74 Å². The number of hydrogen-bond donors (Lipinski definition) is 1. The van der Waals surface area contributed by atoms with Crippen LogP contribution in [0.1, 0.15) is 46.0 Å². The minimum atomic E-state index is 0.315. The summed E-state index contributed by atoms with van der Waals surface area (Å²) in [5, 5.41) is 0. The maximum atomic E-state index is 6.33. The highest BCUT2D eigenvalue weighted by atomic mass is 16.5. The van der Waals surface area contributed by atoms with Gasteiger partial charge in [0.05, 0.1) is 6.61 Å². The summed E-state index contributed by atoms with van der Waals surface area (Å²) in [6.07, 6.45) is 2.01. The Balaban J connectivity index is 2.41. The number of rotatable bonds is 6. The number of benzene rings is 1. The maximum absolute atomic E-state index is 6.33. The maximum Gasteiger partial charge on any atom is 0.131 e. The number of nitrogens with two attached hydrogens (primary N) is 1. The molecule has 0 bridgehead atoms. The molecule has 1 aromatic carbocycles. The lowest BCUT2D eigenvalue weighted by atomic mass is 10.1. The predicted octanol–water partition coefficient (Wildman–Crippen LogP) is 4.06. The molecule has 0 atom stereocenters. The van der Waals surface area contributed by atoms with E-state index in [0.717, 1.165) is 41.5 Å². The molecule has 0 amide bonds. The summed E-state index contributed by atoms with van der Waals surface area (Å²) >= 11 is 0. The van der Waals surface area contributed by atoms with Gasteiger partial charge in [0.2, 0.25) is 0 Å². The summed E-state index contributed by atoms with van der Waals surface area (Å²) in [7, 11) is 0. The van der Waals surface area contributed by atoms with E-state index in [-0.39, 0.29) is 0 Å². The third kappa shape index (κ3) is 3.20. The van der Waals surface area contributed by atoms with Crippen molar-refractivity contribution in [2.75, 3.05) is 12.3 Å². The Bertz CT molecular complexity index is 585. The number of hydrogen-bond acceptors (Lipinski definition) is 3. The van der Waals surface area contributed by atoms with Crippen LogP contribution in [0.3, 0.4) is 0 Å². The fourth-order valence-electron chi connectivity index (χ4n) is 2.56. The highest BCUT2D eigenvalue weighted by Gasteiger charge is 2.17. The van der Waals surface area contributed by atoms with E-state index in [2.05, 4.69) is 25.3 Å².